The van der Waals surface area contributed by atoms with Crippen LogP contribution in [-0.4, -0.2) is 35.4 Å². The molecule has 184 valence electrons. The average molecular weight is 493 g/mol. The lowest BCUT2D eigenvalue weighted by molar-refractivity contribution is -0.141. The molecule has 3 aromatic carbocycles. The van der Waals surface area contributed by atoms with E-state index in [1.807, 2.05) is 92.7 Å². The SMILES string of the molecule is CC(C)NC(=O)[C@@H](Cc1ccccc1)N(Cc1ccccc1Cl)C(=O)CCCOc1ccccc1. The molecule has 0 unspecified atom stereocenters. The lowest BCUT2D eigenvalue weighted by Crippen LogP contribution is -2.51. The van der Waals surface area contributed by atoms with Gasteiger partial charge in [-0.2, -0.15) is 0 Å². The Labute approximate surface area is 213 Å². The molecule has 0 fully saturated rings. The molecule has 3 aromatic rings. The molecular weight excluding hydrogens is 460 g/mol. The van der Waals surface area contributed by atoms with Crippen LogP contribution in [0.5, 0.6) is 5.75 Å². The van der Waals surface area contributed by atoms with Crippen molar-refractivity contribution in [1.29, 1.82) is 0 Å². The quantitative estimate of drug-likeness (QED) is 0.332. The maximum absolute atomic E-state index is 13.5. The molecule has 6 heteroatoms. The second-order valence-corrected chi connectivity index (χ2v) is 9.15. The zero-order chi connectivity index (χ0) is 25.0. The summed E-state index contributed by atoms with van der Waals surface area (Å²) in [6.45, 7) is 4.50. The van der Waals surface area contributed by atoms with Crippen LogP contribution in [0.2, 0.25) is 5.02 Å². The van der Waals surface area contributed by atoms with Crippen molar-refractivity contribution in [1.82, 2.24) is 10.2 Å². The zero-order valence-electron chi connectivity index (χ0n) is 20.3. The van der Waals surface area contributed by atoms with Gasteiger partial charge in [0.1, 0.15) is 11.8 Å². The highest BCUT2D eigenvalue weighted by molar-refractivity contribution is 6.31. The summed E-state index contributed by atoms with van der Waals surface area (Å²) in [4.78, 5) is 28.5. The molecule has 0 aliphatic rings. The van der Waals surface area contributed by atoms with Crippen LogP contribution in [0.15, 0.2) is 84.9 Å². The van der Waals surface area contributed by atoms with Crippen molar-refractivity contribution in [3.05, 3.63) is 101 Å². The van der Waals surface area contributed by atoms with Crippen LogP contribution in [0, 0.1) is 0 Å². The Morgan fingerprint density at radius 1 is 0.914 bits per heavy atom. The molecule has 0 radical (unpaired) electrons. The molecule has 0 aliphatic heterocycles. The monoisotopic (exact) mass is 492 g/mol. The maximum Gasteiger partial charge on any atom is 0.243 e. The van der Waals surface area contributed by atoms with Crippen LogP contribution in [-0.2, 0) is 22.6 Å². The van der Waals surface area contributed by atoms with Crippen molar-refractivity contribution < 1.29 is 14.3 Å². The second-order valence-electron chi connectivity index (χ2n) is 8.75. The van der Waals surface area contributed by atoms with Gasteiger partial charge in [-0.1, -0.05) is 78.3 Å². The van der Waals surface area contributed by atoms with E-state index in [1.165, 1.54) is 0 Å². The van der Waals surface area contributed by atoms with E-state index < -0.39 is 6.04 Å². The Hall–Kier alpha value is -3.31. The number of hydrogen-bond donors (Lipinski definition) is 1. The molecule has 3 rings (SSSR count). The number of ether oxygens (including phenoxy) is 1. The van der Waals surface area contributed by atoms with Gasteiger partial charge in [-0.05, 0) is 49.6 Å². The predicted molar refractivity (Wildman–Crippen MR) is 140 cm³/mol. The van der Waals surface area contributed by atoms with Gasteiger partial charge in [0, 0.05) is 30.5 Å². The maximum atomic E-state index is 13.5. The molecular formula is C29H33ClN2O3. The van der Waals surface area contributed by atoms with E-state index in [0.29, 0.717) is 24.5 Å². The number of carbonyl (C=O) groups is 2. The molecule has 1 N–H and O–H groups in total. The fraction of sp³-hybridized carbons (Fsp3) is 0.310. The van der Waals surface area contributed by atoms with E-state index >= 15 is 0 Å². The minimum atomic E-state index is -0.668. The van der Waals surface area contributed by atoms with Gasteiger partial charge in [-0.3, -0.25) is 9.59 Å². The zero-order valence-corrected chi connectivity index (χ0v) is 21.1. The van der Waals surface area contributed by atoms with E-state index in [9.17, 15) is 9.59 Å². The first-order chi connectivity index (χ1) is 16.9. The van der Waals surface area contributed by atoms with Gasteiger partial charge >= 0.3 is 0 Å². The van der Waals surface area contributed by atoms with E-state index in [-0.39, 0.29) is 30.8 Å². The smallest absolute Gasteiger partial charge is 0.243 e. The average Bonchev–Trinajstić information content (AvgIpc) is 2.85. The molecule has 0 heterocycles. The number of benzene rings is 3. The number of nitrogens with zero attached hydrogens (tertiary/aromatic N) is 1. The highest BCUT2D eigenvalue weighted by Crippen LogP contribution is 2.21. The van der Waals surface area contributed by atoms with E-state index in [2.05, 4.69) is 5.32 Å². The van der Waals surface area contributed by atoms with Gasteiger partial charge in [0.25, 0.3) is 0 Å². The van der Waals surface area contributed by atoms with Gasteiger partial charge in [0.05, 0.1) is 6.61 Å². The predicted octanol–water partition coefficient (Wildman–Crippen LogP) is 5.66. The first kappa shape index (κ1) is 26.3. The van der Waals surface area contributed by atoms with E-state index in [0.717, 1.165) is 16.9 Å². The van der Waals surface area contributed by atoms with E-state index in [1.54, 1.807) is 11.0 Å². The van der Waals surface area contributed by atoms with Gasteiger partial charge in [0.15, 0.2) is 0 Å². The second kappa shape index (κ2) is 13.5. The van der Waals surface area contributed by atoms with Crippen LogP contribution in [0.25, 0.3) is 0 Å². The van der Waals surface area contributed by atoms with Crippen molar-refractivity contribution in [3.63, 3.8) is 0 Å². The summed E-state index contributed by atoms with van der Waals surface area (Å²) >= 11 is 6.44. The molecule has 0 aromatic heterocycles. The summed E-state index contributed by atoms with van der Waals surface area (Å²) < 4.78 is 5.76. The molecule has 2 amide bonds. The number of carbonyl (C=O) groups excluding carboxylic acids is 2. The number of nitrogens with one attached hydrogen (secondary N) is 1. The van der Waals surface area contributed by atoms with Crippen molar-refractivity contribution in [2.45, 2.75) is 51.7 Å². The normalized spacial score (nSPS) is 11.7. The Morgan fingerprint density at radius 2 is 1.54 bits per heavy atom. The number of rotatable bonds is 12. The highest BCUT2D eigenvalue weighted by atomic mass is 35.5. The topological polar surface area (TPSA) is 58.6 Å². The number of halogens is 1. The first-order valence-electron chi connectivity index (χ1n) is 12.0. The lowest BCUT2D eigenvalue weighted by atomic mass is 10.0. The first-order valence-corrected chi connectivity index (χ1v) is 12.4. The third-order valence-corrected chi connectivity index (χ3v) is 5.92. The van der Waals surface area contributed by atoms with Gasteiger partial charge in [0.2, 0.25) is 11.8 Å². The lowest BCUT2D eigenvalue weighted by Gasteiger charge is -2.32. The minimum absolute atomic E-state index is 0.0442. The fourth-order valence-electron chi connectivity index (χ4n) is 3.82. The summed E-state index contributed by atoms with van der Waals surface area (Å²) in [6.07, 6.45) is 1.21. The van der Waals surface area contributed by atoms with Crippen molar-refractivity contribution in [2.75, 3.05) is 6.61 Å². The van der Waals surface area contributed by atoms with Crippen LogP contribution in [0.4, 0.5) is 0 Å². The van der Waals surface area contributed by atoms with Crippen LogP contribution < -0.4 is 10.1 Å². The standard InChI is InChI=1S/C29H33ClN2O3/c1-22(2)31-29(34)27(20-23-12-5-3-6-13-23)32(21-24-14-9-10-17-26(24)30)28(33)18-11-19-35-25-15-7-4-8-16-25/h3-10,12-17,22,27H,11,18-21H2,1-2H3,(H,31,34)/t27-/m1/s1. The summed E-state index contributed by atoms with van der Waals surface area (Å²) in [6, 6.07) is 26.0. The fourth-order valence-corrected chi connectivity index (χ4v) is 4.01. The Balaban J connectivity index is 1.80. The van der Waals surface area contributed by atoms with Gasteiger partial charge in [-0.25, -0.2) is 0 Å². The molecule has 0 saturated heterocycles. The highest BCUT2D eigenvalue weighted by Gasteiger charge is 2.30. The Morgan fingerprint density at radius 3 is 2.20 bits per heavy atom. The number of hydrogen-bond acceptors (Lipinski definition) is 3. The third-order valence-electron chi connectivity index (χ3n) is 5.55. The van der Waals surface area contributed by atoms with Crippen LogP contribution in [0.3, 0.4) is 0 Å². The minimum Gasteiger partial charge on any atom is -0.494 e. The van der Waals surface area contributed by atoms with Gasteiger partial charge in [-0.15, -0.1) is 0 Å². The van der Waals surface area contributed by atoms with Gasteiger partial charge < -0.3 is 15.0 Å². The van der Waals surface area contributed by atoms with Crippen LogP contribution >= 0.6 is 11.6 Å². The van der Waals surface area contributed by atoms with Crippen molar-refractivity contribution >= 4 is 23.4 Å². The van der Waals surface area contributed by atoms with E-state index in [4.69, 9.17) is 16.3 Å². The summed E-state index contributed by atoms with van der Waals surface area (Å²) in [7, 11) is 0. The van der Waals surface area contributed by atoms with Crippen molar-refractivity contribution in [2.24, 2.45) is 0 Å². The molecule has 1 atom stereocenters. The van der Waals surface area contributed by atoms with Crippen molar-refractivity contribution in [3.8, 4) is 5.75 Å². The number of para-hydroxylation sites is 1. The summed E-state index contributed by atoms with van der Waals surface area (Å²) in [5.41, 5.74) is 1.79. The molecule has 0 aliphatic carbocycles. The van der Waals surface area contributed by atoms with Crippen LogP contribution in [0.1, 0.15) is 37.8 Å². The molecule has 35 heavy (non-hydrogen) atoms. The number of amides is 2. The summed E-state index contributed by atoms with van der Waals surface area (Å²) in [5.74, 6) is 0.484. The largest absolute Gasteiger partial charge is 0.494 e. The third kappa shape index (κ3) is 8.45. The molecule has 0 bridgehead atoms. The Kier molecular flexibility index (Phi) is 10.2. The molecule has 0 saturated carbocycles. The Bertz CT molecular complexity index is 1070. The molecule has 5 nitrogen and oxygen atoms in total. The molecule has 0 spiro atoms. The summed E-state index contributed by atoms with van der Waals surface area (Å²) in [5, 5.41) is 3.57.